The van der Waals surface area contributed by atoms with E-state index in [1.165, 1.54) is 19.2 Å². The first kappa shape index (κ1) is 15.3. The molecule has 2 heterocycles. The van der Waals surface area contributed by atoms with Crippen LogP contribution in [0.2, 0.25) is 0 Å². The Kier molecular flexibility index (Phi) is 3.12. The minimum Gasteiger partial charge on any atom is -0.277 e. The number of hydrogen-bond donors (Lipinski definition) is 0. The van der Waals surface area contributed by atoms with Crippen molar-refractivity contribution in [1.82, 2.24) is 9.13 Å². The van der Waals surface area contributed by atoms with Gasteiger partial charge >= 0.3 is 0 Å². The molecule has 0 aliphatic carbocycles. The van der Waals surface area contributed by atoms with E-state index in [1.807, 2.05) is 19.1 Å². The number of fused-ring (bicyclic) bond motifs is 2. The van der Waals surface area contributed by atoms with Crippen LogP contribution in [0.1, 0.15) is 12.5 Å². The molecule has 0 unspecified atom stereocenters. The topological polar surface area (TPSA) is 78.1 Å². The van der Waals surface area contributed by atoms with Gasteiger partial charge in [-0.3, -0.25) is 23.7 Å². The molecule has 0 aliphatic heterocycles. The summed E-state index contributed by atoms with van der Waals surface area (Å²) in [5.41, 5.74) is -0.330. The Morgan fingerprint density at radius 3 is 1.60 bits per heavy atom. The van der Waals surface area contributed by atoms with E-state index < -0.39 is 22.2 Å². The fourth-order valence-corrected chi connectivity index (χ4v) is 3.21. The zero-order valence-electron chi connectivity index (χ0n) is 13.7. The molecule has 2 aromatic carbocycles. The third-order valence-electron chi connectivity index (χ3n) is 4.70. The molecule has 2 aromatic heterocycles. The molecule has 0 spiro atoms. The fraction of sp³-hybridized carbons (Fsp3) is 0.158. The van der Waals surface area contributed by atoms with Crippen molar-refractivity contribution in [2.75, 3.05) is 0 Å². The van der Waals surface area contributed by atoms with Gasteiger partial charge in [-0.05, 0) is 36.2 Å². The van der Waals surface area contributed by atoms with Gasteiger partial charge in [0.1, 0.15) is 0 Å². The first-order valence-electron chi connectivity index (χ1n) is 7.92. The largest absolute Gasteiger partial charge is 0.277 e. The normalized spacial score (nSPS) is 11.6. The van der Waals surface area contributed by atoms with Crippen LogP contribution in [0, 0.1) is 0 Å². The summed E-state index contributed by atoms with van der Waals surface area (Å²) < 4.78 is 2.06. The van der Waals surface area contributed by atoms with Gasteiger partial charge in [0.2, 0.25) is 0 Å². The maximum absolute atomic E-state index is 12.7. The van der Waals surface area contributed by atoms with E-state index in [1.54, 1.807) is 12.1 Å². The molecular weight excluding hydrogens is 320 g/mol. The number of aromatic nitrogens is 2. The van der Waals surface area contributed by atoms with Gasteiger partial charge in [-0.2, -0.15) is 0 Å². The summed E-state index contributed by atoms with van der Waals surface area (Å²) in [7, 11) is 1.38. The molecule has 4 rings (SSSR count). The van der Waals surface area contributed by atoms with Crippen molar-refractivity contribution in [3.05, 3.63) is 83.4 Å². The van der Waals surface area contributed by atoms with Crippen LogP contribution in [0.15, 0.2) is 55.6 Å². The van der Waals surface area contributed by atoms with Crippen LogP contribution >= 0.6 is 0 Å². The Labute approximate surface area is 140 Å². The molecule has 25 heavy (non-hydrogen) atoms. The summed E-state index contributed by atoms with van der Waals surface area (Å²) in [6.45, 7) is 2.02. The average molecular weight is 334 g/mol. The van der Waals surface area contributed by atoms with Crippen LogP contribution < -0.4 is 22.2 Å². The predicted molar refractivity (Wildman–Crippen MR) is 96.6 cm³/mol. The van der Waals surface area contributed by atoms with E-state index in [0.29, 0.717) is 5.69 Å². The molecule has 6 heteroatoms. The van der Waals surface area contributed by atoms with E-state index in [2.05, 4.69) is 0 Å². The van der Waals surface area contributed by atoms with Crippen molar-refractivity contribution in [2.24, 2.45) is 7.05 Å². The summed E-state index contributed by atoms with van der Waals surface area (Å²) in [5.74, 6) is 0. The van der Waals surface area contributed by atoms with Crippen LogP contribution in [-0.2, 0) is 13.5 Å². The van der Waals surface area contributed by atoms with Crippen LogP contribution in [0.4, 0.5) is 0 Å². The van der Waals surface area contributed by atoms with Crippen LogP contribution in [0.3, 0.4) is 0 Å². The van der Waals surface area contributed by atoms with Crippen LogP contribution in [0.25, 0.3) is 27.2 Å². The molecule has 0 radical (unpaired) electrons. The quantitative estimate of drug-likeness (QED) is 0.548. The van der Waals surface area contributed by atoms with Crippen molar-refractivity contribution in [2.45, 2.75) is 13.3 Å². The monoisotopic (exact) mass is 334 g/mol. The van der Waals surface area contributed by atoms with Gasteiger partial charge in [-0.1, -0.05) is 19.1 Å². The average Bonchev–Trinajstić information content (AvgIpc) is 3.00. The number of benzene rings is 2. The van der Waals surface area contributed by atoms with Gasteiger partial charge in [-0.15, -0.1) is 0 Å². The fourth-order valence-electron chi connectivity index (χ4n) is 3.21. The number of hydrogen-bond acceptors (Lipinski definition) is 4. The van der Waals surface area contributed by atoms with Crippen molar-refractivity contribution < 1.29 is 0 Å². The van der Waals surface area contributed by atoms with Gasteiger partial charge in [-0.25, -0.2) is 4.57 Å². The molecule has 124 valence electrons. The van der Waals surface area contributed by atoms with E-state index in [4.69, 9.17) is 0 Å². The number of rotatable bonds is 2. The van der Waals surface area contributed by atoms with Crippen molar-refractivity contribution in [3.63, 3.8) is 0 Å². The molecule has 0 N–H and O–H groups in total. The molecule has 4 aromatic rings. The Bertz CT molecular complexity index is 1270. The molecule has 0 bridgehead atoms. The second kappa shape index (κ2) is 5.11. The Balaban J connectivity index is 2.11. The minimum atomic E-state index is -0.484. The third-order valence-corrected chi connectivity index (χ3v) is 4.70. The maximum Gasteiger partial charge on any atom is 0.266 e. The first-order valence-corrected chi connectivity index (χ1v) is 7.92. The highest BCUT2D eigenvalue weighted by atomic mass is 16.2. The van der Waals surface area contributed by atoms with E-state index in [9.17, 15) is 19.2 Å². The number of aryl methyl sites for hydroxylation is 1. The molecule has 0 atom stereocenters. The highest BCUT2D eigenvalue weighted by Gasteiger charge is 2.19. The van der Waals surface area contributed by atoms with Gasteiger partial charge in [0, 0.05) is 7.05 Å². The summed E-state index contributed by atoms with van der Waals surface area (Å²) in [6.07, 6.45) is 0.854. The lowest BCUT2D eigenvalue weighted by Gasteiger charge is -2.01. The standard InChI is InChI=1S/C19H14N2O4/c1-3-10-4-6-11(7-5-10)21-18(24)14-8-12-13(9-15(14)19(21)25)17(23)20(2)16(12)22/h4-9H,3H2,1-2H3. The second-order valence-electron chi connectivity index (χ2n) is 6.08. The summed E-state index contributed by atoms with van der Waals surface area (Å²) in [6, 6.07) is 9.88. The number of nitrogens with zero attached hydrogens (tertiary/aromatic N) is 2. The van der Waals surface area contributed by atoms with E-state index in [0.717, 1.165) is 21.1 Å². The van der Waals surface area contributed by atoms with Crippen LogP contribution in [-0.4, -0.2) is 9.13 Å². The summed E-state index contributed by atoms with van der Waals surface area (Å²) >= 11 is 0. The van der Waals surface area contributed by atoms with Gasteiger partial charge in [0.25, 0.3) is 22.2 Å². The Morgan fingerprint density at radius 1 is 0.720 bits per heavy atom. The zero-order chi connectivity index (χ0) is 17.9. The lowest BCUT2D eigenvalue weighted by atomic mass is 10.1. The first-order chi connectivity index (χ1) is 11.9. The van der Waals surface area contributed by atoms with Gasteiger partial charge < -0.3 is 0 Å². The lowest BCUT2D eigenvalue weighted by molar-refractivity contribution is 0.856. The summed E-state index contributed by atoms with van der Waals surface area (Å²) in [5, 5.41) is 0.630. The highest BCUT2D eigenvalue weighted by Crippen LogP contribution is 2.16. The predicted octanol–water partition coefficient (Wildman–Crippen LogP) is 1.00. The van der Waals surface area contributed by atoms with Gasteiger partial charge in [0.05, 0.1) is 27.2 Å². The summed E-state index contributed by atoms with van der Waals surface area (Å²) in [4.78, 5) is 49.7. The molecular formula is C19H14N2O4. The minimum absolute atomic E-state index is 0.153. The molecule has 0 aliphatic rings. The highest BCUT2D eigenvalue weighted by molar-refractivity contribution is 5.98. The Hall–Kier alpha value is -3.28. The maximum atomic E-state index is 12.7. The van der Waals surface area contributed by atoms with Gasteiger partial charge in [0.15, 0.2) is 0 Å². The molecule has 0 saturated carbocycles. The van der Waals surface area contributed by atoms with E-state index >= 15 is 0 Å². The van der Waals surface area contributed by atoms with Crippen molar-refractivity contribution in [3.8, 4) is 5.69 Å². The SMILES string of the molecule is CCc1ccc(-n2c(=O)c3cc4c(=O)n(C)c(=O)c4cc3c2=O)cc1. The molecule has 0 fully saturated rings. The molecule has 6 nitrogen and oxygen atoms in total. The van der Waals surface area contributed by atoms with E-state index in [-0.39, 0.29) is 21.5 Å². The lowest BCUT2D eigenvalue weighted by Crippen LogP contribution is -2.23. The molecule has 0 saturated heterocycles. The zero-order valence-corrected chi connectivity index (χ0v) is 13.7. The van der Waals surface area contributed by atoms with Crippen molar-refractivity contribution >= 4 is 21.5 Å². The van der Waals surface area contributed by atoms with Crippen molar-refractivity contribution in [1.29, 1.82) is 0 Å². The molecule has 0 amide bonds. The van der Waals surface area contributed by atoms with Crippen LogP contribution in [0.5, 0.6) is 0 Å². The second-order valence-corrected chi connectivity index (χ2v) is 6.08. The smallest absolute Gasteiger partial charge is 0.266 e. The Morgan fingerprint density at radius 2 is 1.16 bits per heavy atom. The third kappa shape index (κ3) is 1.97.